The maximum Gasteiger partial charge on any atom is 0.272 e. The van der Waals surface area contributed by atoms with E-state index in [0.29, 0.717) is 22.6 Å². The summed E-state index contributed by atoms with van der Waals surface area (Å²) in [4.78, 5) is 40.7. The van der Waals surface area contributed by atoms with Crippen molar-refractivity contribution in [1.82, 2.24) is 9.47 Å². The highest BCUT2D eigenvalue weighted by molar-refractivity contribution is 6.27. The van der Waals surface area contributed by atoms with Gasteiger partial charge in [-0.15, -0.1) is 0 Å². The number of ether oxygens (including phenoxy) is 2. The maximum atomic E-state index is 13.5. The average Bonchev–Trinajstić information content (AvgIpc) is 3.03. The van der Waals surface area contributed by atoms with Crippen LogP contribution in [0.1, 0.15) is 30.5 Å². The Labute approximate surface area is 248 Å². The number of amides is 2. The summed E-state index contributed by atoms with van der Waals surface area (Å²) in [6.45, 7) is 3.45. The number of aromatic hydroxyl groups is 1. The summed E-state index contributed by atoms with van der Waals surface area (Å²) in [5, 5.41) is 31.1. The standard InChI is InChI=1S/C33H28N4O6/c1-5-36-30(38)24(28(26(18-34)32(36)40)20-10-14-22(42-3)15-11-20)8-7-9-25-29(21-12-16-23(43-4)17-13-21)27(19-35)33(41)37(6-2)31(25)39/h7-17,38H,5-6H2,1-4H3. The number of nitrogens with zero attached hydrogens (tertiary/aromatic N) is 4. The number of hydrogen-bond donors (Lipinski definition) is 1. The summed E-state index contributed by atoms with van der Waals surface area (Å²) in [5.74, 6) is -0.547. The van der Waals surface area contributed by atoms with E-state index in [4.69, 9.17) is 9.47 Å². The molecule has 0 bridgehead atoms. The number of imide groups is 1. The van der Waals surface area contributed by atoms with E-state index in [-0.39, 0.29) is 52.4 Å². The summed E-state index contributed by atoms with van der Waals surface area (Å²) in [7, 11) is 3.02. The minimum atomic E-state index is -0.699. The third-order valence-electron chi connectivity index (χ3n) is 7.07. The Morgan fingerprint density at radius 2 is 1.42 bits per heavy atom. The molecule has 1 aliphatic heterocycles. The number of carbonyl (C=O) groups is 2. The molecule has 0 unspecified atom stereocenters. The van der Waals surface area contributed by atoms with E-state index >= 15 is 0 Å². The summed E-state index contributed by atoms with van der Waals surface area (Å²) >= 11 is 0. The van der Waals surface area contributed by atoms with E-state index in [2.05, 4.69) is 0 Å². The van der Waals surface area contributed by atoms with Gasteiger partial charge in [-0.3, -0.25) is 23.9 Å². The van der Waals surface area contributed by atoms with E-state index in [1.54, 1.807) is 62.4 Å². The predicted molar refractivity (Wildman–Crippen MR) is 160 cm³/mol. The fraction of sp³-hybridized carbons (Fsp3) is 0.182. The number of methoxy groups -OCH3 is 2. The Morgan fingerprint density at radius 1 is 0.837 bits per heavy atom. The number of likely N-dealkylation sites (N-methyl/N-ethyl adjacent to an activating group) is 1. The Morgan fingerprint density at radius 3 is 1.91 bits per heavy atom. The Kier molecular flexibility index (Phi) is 8.93. The molecule has 1 aromatic heterocycles. The smallest absolute Gasteiger partial charge is 0.272 e. The van der Waals surface area contributed by atoms with Crippen LogP contribution in [0, 0.1) is 22.7 Å². The molecule has 10 nitrogen and oxygen atoms in total. The molecule has 3 aromatic rings. The molecule has 2 amide bonds. The Hall–Kier alpha value is -5.87. The van der Waals surface area contributed by atoms with Crippen LogP contribution >= 0.6 is 0 Å². The Bertz CT molecular complexity index is 1830. The van der Waals surface area contributed by atoms with Gasteiger partial charge < -0.3 is 14.6 Å². The topological polar surface area (TPSA) is 146 Å². The van der Waals surface area contributed by atoms with Gasteiger partial charge in [0.25, 0.3) is 17.4 Å². The van der Waals surface area contributed by atoms with Crippen molar-refractivity contribution in [3.8, 4) is 40.6 Å². The minimum Gasteiger partial charge on any atom is -0.497 e. The first-order valence-electron chi connectivity index (χ1n) is 13.3. The quantitative estimate of drug-likeness (QED) is 0.306. The lowest BCUT2D eigenvalue weighted by Gasteiger charge is -2.27. The van der Waals surface area contributed by atoms with Gasteiger partial charge >= 0.3 is 0 Å². The molecule has 216 valence electrons. The van der Waals surface area contributed by atoms with E-state index in [1.807, 2.05) is 12.1 Å². The Balaban J connectivity index is 1.97. The molecule has 0 saturated heterocycles. The molecule has 0 spiro atoms. The number of rotatable bonds is 8. The summed E-state index contributed by atoms with van der Waals surface area (Å²) < 4.78 is 11.5. The number of nitriles is 2. The summed E-state index contributed by atoms with van der Waals surface area (Å²) in [6, 6.07) is 17.2. The molecule has 0 saturated carbocycles. The second kappa shape index (κ2) is 12.8. The molecule has 0 fully saturated rings. The van der Waals surface area contributed by atoms with Gasteiger partial charge in [-0.05, 0) is 61.4 Å². The lowest BCUT2D eigenvalue weighted by atomic mass is 9.88. The van der Waals surface area contributed by atoms with Crippen molar-refractivity contribution in [2.45, 2.75) is 20.4 Å². The molecule has 0 aliphatic carbocycles. The first kappa shape index (κ1) is 30.1. The normalized spacial score (nSPS) is 14.3. The van der Waals surface area contributed by atoms with Crippen LogP contribution in [0.15, 0.2) is 76.6 Å². The first-order valence-corrected chi connectivity index (χ1v) is 13.3. The molecule has 2 heterocycles. The number of aromatic nitrogens is 1. The molecule has 0 radical (unpaired) electrons. The molecule has 43 heavy (non-hydrogen) atoms. The van der Waals surface area contributed by atoms with Crippen molar-refractivity contribution in [1.29, 1.82) is 10.5 Å². The lowest BCUT2D eigenvalue weighted by Crippen LogP contribution is -2.42. The number of hydrogen-bond acceptors (Lipinski definition) is 8. The fourth-order valence-electron chi connectivity index (χ4n) is 4.91. The van der Waals surface area contributed by atoms with Crippen molar-refractivity contribution < 1.29 is 24.2 Å². The van der Waals surface area contributed by atoms with E-state index < -0.39 is 17.4 Å². The molecule has 4 rings (SSSR count). The highest BCUT2D eigenvalue weighted by atomic mass is 16.5. The number of pyridine rings is 1. The van der Waals surface area contributed by atoms with Gasteiger partial charge in [0.2, 0.25) is 5.88 Å². The summed E-state index contributed by atoms with van der Waals surface area (Å²) in [6.07, 6.45) is 4.40. The van der Waals surface area contributed by atoms with Gasteiger partial charge in [-0.25, -0.2) is 0 Å². The van der Waals surface area contributed by atoms with E-state index in [1.165, 1.54) is 32.4 Å². The first-order chi connectivity index (χ1) is 20.8. The molecule has 0 atom stereocenters. The molecule has 10 heteroatoms. The zero-order valence-corrected chi connectivity index (χ0v) is 24.0. The van der Waals surface area contributed by atoms with Crippen molar-refractivity contribution in [3.05, 3.63) is 98.9 Å². The van der Waals surface area contributed by atoms with Crippen LogP contribution in [0.2, 0.25) is 0 Å². The number of allylic oxidation sites excluding steroid dienone is 2. The lowest BCUT2D eigenvalue weighted by molar-refractivity contribution is -0.139. The minimum absolute atomic E-state index is 0.0508. The van der Waals surface area contributed by atoms with Crippen LogP contribution in [0.4, 0.5) is 0 Å². The zero-order valence-electron chi connectivity index (χ0n) is 24.0. The number of benzene rings is 2. The van der Waals surface area contributed by atoms with Crippen LogP contribution in [0.5, 0.6) is 17.4 Å². The second-order valence-electron chi connectivity index (χ2n) is 9.26. The molecule has 1 N–H and O–H groups in total. The van der Waals surface area contributed by atoms with Crippen LogP contribution < -0.4 is 15.0 Å². The van der Waals surface area contributed by atoms with Gasteiger partial charge in [-0.1, -0.05) is 30.3 Å². The molecular weight excluding hydrogens is 548 g/mol. The maximum absolute atomic E-state index is 13.5. The van der Waals surface area contributed by atoms with Crippen LogP contribution in [0.3, 0.4) is 0 Å². The van der Waals surface area contributed by atoms with Crippen molar-refractivity contribution in [2.75, 3.05) is 20.8 Å². The van der Waals surface area contributed by atoms with Crippen LogP contribution in [0.25, 0.3) is 22.8 Å². The zero-order chi connectivity index (χ0) is 31.3. The van der Waals surface area contributed by atoms with E-state index in [0.717, 1.165) is 9.47 Å². The molecule has 2 aromatic carbocycles. The third kappa shape index (κ3) is 5.42. The fourth-order valence-corrected chi connectivity index (χ4v) is 4.91. The van der Waals surface area contributed by atoms with Crippen molar-refractivity contribution in [2.24, 2.45) is 0 Å². The van der Waals surface area contributed by atoms with Gasteiger partial charge in [0.05, 0.1) is 14.2 Å². The van der Waals surface area contributed by atoms with Gasteiger partial charge in [-0.2, -0.15) is 10.5 Å². The van der Waals surface area contributed by atoms with Gasteiger partial charge in [0.15, 0.2) is 0 Å². The van der Waals surface area contributed by atoms with Crippen molar-refractivity contribution in [3.63, 3.8) is 0 Å². The summed E-state index contributed by atoms with van der Waals surface area (Å²) in [5.41, 5.74) is 0.549. The van der Waals surface area contributed by atoms with Crippen molar-refractivity contribution >= 4 is 23.5 Å². The largest absolute Gasteiger partial charge is 0.497 e. The SMILES string of the molecule is CCN1C(=O)C(=CC=Cc2c(-c3ccc(OC)cc3)c(C#N)c(=O)n(CC)c2O)C(c2ccc(OC)cc2)=C(C#N)C1=O. The molecular formula is C33H28N4O6. The van der Waals surface area contributed by atoms with E-state index in [9.17, 15) is 30.0 Å². The monoisotopic (exact) mass is 576 g/mol. The second-order valence-corrected chi connectivity index (χ2v) is 9.26. The van der Waals surface area contributed by atoms with Crippen LogP contribution in [-0.4, -0.2) is 47.2 Å². The van der Waals surface area contributed by atoms with Gasteiger partial charge in [0.1, 0.15) is 34.8 Å². The highest BCUT2D eigenvalue weighted by Crippen LogP contribution is 2.36. The number of carbonyl (C=O) groups excluding carboxylic acids is 2. The third-order valence-corrected chi connectivity index (χ3v) is 7.07. The average molecular weight is 577 g/mol. The molecule has 1 aliphatic rings. The van der Waals surface area contributed by atoms with Crippen LogP contribution in [-0.2, 0) is 16.1 Å². The predicted octanol–water partition coefficient (Wildman–Crippen LogP) is 4.44. The van der Waals surface area contributed by atoms with Gasteiger partial charge in [0, 0.05) is 35.4 Å². The highest BCUT2D eigenvalue weighted by Gasteiger charge is 2.36.